The van der Waals surface area contributed by atoms with E-state index in [-0.39, 0.29) is 18.9 Å². The Morgan fingerprint density at radius 3 is 2.29 bits per heavy atom. The van der Waals surface area contributed by atoms with E-state index in [1.165, 1.54) is 0 Å². The first-order valence-corrected chi connectivity index (χ1v) is 15.4. The number of aliphatic hydroxyl groups is 1. The van der Waals surface area contributed by atoms with E-state index in [1.807, 2.05) is 19.2 Å². The number of likely N-dealkylation sites (tertiary alicyclic amines) is 1. The van der Waals surface area contributed by atoms with E-state index < -0.39 is 86.7 Å². The van der Waals surface area contributed by atoms with Crippen molar-refractivity contribution in [2.75, 3.05) is 13.1 Å². The molecule has 4 rings (SSSR count). The van der Waals surface area contributed by atoms with Gasteiger partial charge in [-0.2, -0.15) is 21.6 Å². The van der Waals surface area contributed by atoms with Crippen LogP contribution in [0.4, 0.5) is 13.2 Å². The zero-order chi connectivity index (χ0) is 30.5. The Morgan fingerprint density at radius 2 is 1.76 bits per heavy atom. The summed E-state index contributed by atoms with van der Waals surface area (Å²) >= 11 is 0. The minimum absolute atomic E-state index is 0.0379. The quantitative estimate of drug-likeness (QED) is 0.231. The molecule has 0 bridgehead atoms. The molecule has 4 aliphatic rings. The van der Waals surface area contributed by atoms with Gasteiger partial charge in [0.2, 0.25) is 23.2 Å². The molecule has 16 heteroatoms. The summed E-state index contributed by atoms with van der Waals surface area (Å²) in [6.07, 6.45) is -2.21. The molecule has 0 aromatic carbocycles. The average molecular weight is 611 g/mol. The lowest BCUT2D eigenvalue weighted by molar-refractivity contribution is -0.176. The van der Waals surface area contributed by atoms with Gasteiger partial charge in [0.05, 0.1) is 6.04 Å². The summed E-state index contributed by atoms with van der Waals surface area (Å²) < 4.78 is 72.6. The molecule has 232 valence electrons. The van der Waals surface area contributed by atoms with Crippen LogP contribution in [0.15, 0.2) is 0 Å². The monoisotopic (exact) mass is 610 g/mol. The summed E-state index contributed by atoms with van der Waals surface area (Å²) in [6.45, 7) is 4.07. The highest BCUT2D eigenvalue weighted by Gasteiger charge is 2.70. The fourth-order valence-corrected chi connectivity index (χ4v) is 7.56. The van der Waals surface area contributed by atoms with Gasteiger partial charge in [0.25, 0.3) is 10.1 Å². The van der Waals surface area contributed by atoms with E-state index in [2.05, 4.69) is 10.6 Å². The number of fused-ring (bicyclic) bond motifs is 1. The van der Waals surface area contributed by atoms with E-state index in [4.69, 9.17) is 0 Å². The summed E-state index contributed by atoms with van der Waals surface area (Å²) in [5.41, 5.74) is -2.88. The Bertz CT molecular complexity index is 1170. The molecule has 0 radical (unpaired) electrons. The molecular formula is C25H37F3N4O8S. The van der Waals surface area contributed by atoms with Gasteiger partial charge in [0, 0.05) is 19.0 Å². The van der Waals surface area contributed by atoms with E-state index in [1.54, 1.807) is 0 Å². The maximum absolute atomic E-state index is 13.8. The summed E-state index contributed by atoms with van der Waals surface area (Å²) in [5.74, 6) is -6.29. The number of carbonyl (C=O) groups excluding carboxylic acids is 4. The van der Waals surface area contributed by atoms with E-state index >= 15 is 0 Å². The first-order valence-electron chi connectivity index (χ1n) is 13.8. The van der Waals surface area contributed by atoms with Crippen molar-refractivity contribution in [2.45, 2.75) is 88.5 Å². The van der Waals surface area contributed by atoms with Crippen LogP contribution in [0.25, 0.3) is 0 Å². The third-order valence-electron chi connectivity index (χ3n) is 9.37. The second kappa shape index (κ2) is 11.3. The Morgan fingerprint density at radius 1 is 1.12 bits per heavy atom. The minimum atomic E-state index is -5.22. The molecule has 2 heterocycles. The van der Waals surface area contributed by atoms with Gasteiger partial charge in [-0.15, -0.1) is 0 Å². The van der Waals surface area contributed by atoms with Crippen molar-refractivity contribution >= 4 is 33.7 Å². The smallest absolute Gasteiger partial charge is 0.374 e. The van der Waals surface area contributed by atoms with E-state index in [0.717, 1.165) is 11.3 Å². The molecule has 1 unspecified atom stereocenters. The minimum Gasteiger partial charge on any atom is -0.374 e. The molecule has 2 saturated carbocycles. The summed E-state index contributed by atoms with van der Waals surface area (Å²) in [5, 5.41) is 17.2. The maximum Gasteiger partial charge on any atom is 0.471 e. The maximum atomic E-state index is 13.8. The topological polar surface area (TPSA) is 182 Å². The predicted molar refractivity (Wildman–Crippen MR) is 136 cm³/mol. The summed E-state index contributed by atoms with van der Waals surface area (Å²) in [4.78, 5) is 52.7. The van der Waals surface area contributed by atoms with Crippen molar-refractivity contribution < 1.29 is 50.4 Å². The number of piperidine rings is 1. The summed E-state index contributed by atoms with van der Waals surface area (Å²) in [7, 11) is -5.07. The van der Waals surface area contributed by atoms with Crippen LogP contribution in [-0.4, -0.2) is 89.4 Å². The normalized spacial score (nSPS) is 30.1. The van der Waals surface area contributed by atoms with Gasteiger partial charge in [0.15, 0.2) is 0 Å². The standard InChI is InChI=1S/C25H37F3N4O8S/c1-24(2)14-11-32(21(35)17(12-6-4-3-5-7-12)31-23(37)25(26,27)28)18(16(14)24)20(34)30-15(22(36)41(38,39)40)10-13-8-9-29-19(13)33/h12-18,22,36H,3-11H2,1-2H3,(H,29,33)(H,30,34)(H,31,37)(H,38,39,40)/t13-,14-,15-,16-,17-,18-,22?/m0/s1. The highest BCUT2D eigenvalue weighted by molar-refractivity contribution is 7.86. The molecule has 12 nitrogen and oxygen atoms in total. The summed E-state index contributed by atoms with van der Waals surface area (Å²) in [6, 6.07) is -4.35. The van der Waals surface area contributed by atoms with Crippen LogP contribution in [0.5, 0.6) is 0 Å². The largest absolute Gasteiger partial charge is 0.471 e. The van der Waals surface area contributed by atoms with Crippen LogP contribution >= 0.6 is 0 Å². The van der Waals surface area contributed by atoms with Gasteiger partial charge in [0.1, 0.15) is 12.1 Å². The zero-order valence-electron chi connectivity index (χ0n) is 22.8. The Balaban J connectivity index is 1.60. The number of rotatable bonds is 9. The van der Waals surface area contributed by atoms with Gasteiger partial charge < -0.3 is 26.0 Å². The fourth-order valence-electron chi connectivity index (χ4n) is 6.96. The Kier molecular flexibility index (Phi) is 8.69. The van der Waals surface area contributed by atoms with E-state index in [0.29, 0.717) is 38.6 Å². The third-order valence-corrected chi connectivity index (χ3v) is 10.3. The second-order valence-electron chi connectivity index (χ2n) is 12.3. The lowest BCUT2D eigenvalue weighted by atomic mass is 9.83. The Hall–Kier alpha value is -2.46. The van der Waals surface area contributed by atoms with Gasteiger partial charge in [-0.3, -0.25) is 23.7 Å². The predicted octanol–water partition coefficient (Wildman–Crippen LogP) is 0.314. The third kappa shape index (κ3) is 6.48. The number of nitrogens with zero attached hydrogens (tertiary/aromatic N) is 1. The molecule has 41 heavy (non-hydrogen) atoms. The van der Waals surface area contributed by atoms with Crippen molar-refractivity contribution in [3.05, 3.63) is 0 Å². The van der Waals surface area contributed by atoms with Crippen molar-refractivity contribution in [3.8, 4) is 0 Å². The highest BCUT2D eigenvalue weighted by Crippen LogP contribution is 2.65. The van der Waals surface area contributed by atoms with Crippen LogP contribution in [0.2, 0.25) is 0 Å². The molecule has 2 saturated heterocycles. The SMILES string of the molecule is CC1(C)[C@@H]2[C@@H](C(=O)N[C@@H](C[C@@H]3CCNC3=O)C(O)S(=O)(=O)O)N(C(=O)[C@@H](NC(=O)C(F)(F)F)C3CCCCC3)C[C@@H]21. The first kappa shape index (κ1) is 31.5. The van der Waals surface area contributed by atoms with Crippen molar-refractivity contribution in [2.24, 2.45) is 29.1 Å². The number of hydrogen-bond donors (Lipinski definition) is 5. The second-order valence-corrected chi connectivity index (χ2v) is 13.8. The van der Waals surface area contributed by atoms with Gasteiger partial charge in [-0.25, -0.2) is 0 Å². The number of halogens is 3. The lowest BCUT2D eigenvalue weighted by Gasteiger charge is -2.37. The van der Waals surface area contributed by atoms with Crippen LogP contribution in [-0.2, 0) is 29.3 Å². The number of amides is 4. The van der Waals surface area contributed by atoms with Crippen LogP contribution in [0, 0.1) is 29.1 Å². The molecule has 2 aliphatic carbocycles. The number of nitrogens with one attached hydrogen (secondary N) is 3. The molecule has 7 atom stereocenters. The molecule has 4 amide bonds. The van der Waals surface area contributed by atoms with Crippen LogP contribution < -0.4 is 16.0 Å². The average Bonchev–Trinajstić information content (AvgIpc) is 3.23. The van der Waals surface area contributed by atoms with Gasteiger partial charge in [-0.1, -0.05) is 33.1 Å². The highest BCUT2D eigenvalue weighted by atomic mass is 32.2. The van der Waals surface area contributed by atoms with Crippen molar-refractivity contribution in [3.63, 3.8) is 0 Å². The molecule has 0 aromatic heterocycles. The fraction of sp³-hybridized carbons (Fsp3) is 0.840. The molecule has 5 N–H and O–H groups in total. The zero-order valence-corrected chi connectivity index (χ0v) is 23.6. The van der Waals surface area contributed by atoms with Crippen LogP contribution in [0.1, 0.15) is 58.8 Å². The van der Waals surface area contributed by atoms with Crippen LogP contribution in [0.3, 0.4) is 0 Å². The number of alkyl halides is 3. The molecule has 0 aromatic rings. The molecule has 4 fully saturated rings. The molecule has 2 aliphatic heterocycles. The Labute approximate surface area is 235 Å². The van der Waals surface area contributed by atoms with Crippen molar-refractivity contribution in [1.29, 1.82) is 0 Å². The van der Waals surface area contributed by atoms with Gasteiger partial charge >= 0.3 is 12.1 Å². The van der Waals surface area contributed by atoms with Gasteiger partial charge in [-0.05, 0) is 48.9 Å². The molecular weight excluding hydrogens is 573 g/mol. The number of hydrogen-bond acceptors (Lipinski definition) is 7. The lowest BCUT2D eigenvalue weighted by Crippen LogP contribution is -2.60. The number of aliphatic hydroxyl groups excluding tert-OH is 1. The first-order chi connectivity index (χ1) is 18.9. The van der Waals surface area contributed by atoms with Crippen molar-refractivity contribution in [1.82, 2.24) is 20.9 Å². The number of carbonyl (C=O) groups is 4. The molecule has 0 spiro atoms. The van der Waals surface area contributed by atoms with E-state index in [9.17, 15) is 50.4 Å².